The Bertz CT molecular complexity index is 1130. The predicted octanol–water partition coefficient (Wildman–Crippen LogP) is 6.18. The fraction of sp³-hybridized carbons (Fsp3) is 0.125. The van der Waals surface area contributed by atoms with Crippen molar-refractivity contribution in [2.24, 2.45) is 5.10 Å². The minimum atomic E-state index is -0.484. The average molecular weight is 506 g/mol. The number of nitrogens with one attached hydrogen (secondary N) is 1. The molecular weight excluding hydrogens is 487 g/mol. The molecule has 0 aliphatic rings. The van der Waals surface area contributed by atoms with Crippen molar-refractivity contribution in [2.45, 2.75) is 12.8 Å². The zero-order valence-electron chi connectivity index (χ0n) is 17.3. The quantitative estimate of drug-likeness (QED) is 0.124. The van der Waals surface area contributed by atoms with E-state index in [4.69, 9.17) is 44.3 Å². The molecule has 0 fully saturated rings. The standard InChI is InChI=1S/C24H19Cl3N2O4/c25-18-7-5-17(6-8-18)24(31)33-20-10-3-16(4-11-20)15-28-29-23(30)2-1-13-32-22-12-9-19(26)14-21(22)27/h3-12,14-15H,1-2,13H2,(H,29,30). The maximum atomic E-state index is 12.1. The Labute approximate surface area is 206 Å². The van der Waals surface area contributed by atoms with E-state index in [-0.39, 0.29) is 12.3 Å². The molecule has 3 rings (SSSR count). The second kappa shape index (κ2) is 12.3. The van der Waals surface area contributed by atoms with Gasteiger partial charge in [0.2, 0.25) is 5.91 Å². The summed E-state index contributed by atoms with van der Waals surface area (Å²) in [7, 11) is 0. The molecule has 0 aromatic heterocycles. The summed E-state index contributed by atoms with van der Waals surface area (Å²) < 4.78 is 10.9. The van der Waals surface area contributed by atoms with E-state index in [0.29, 0.717) is 45.2 Å². The van der Waals surface area contributed by atoms with Gasteiger partial charge in [0.15, 0.2) is 0 Å². The van der Waals surface area contributed by atoms with Crippen LogP contribution in [0.3, 0.4) is 0 Å². The topological polar surface area (TPSA) is 77.0 Å². The van der Waals surface area contributed by atoms with E-state index in [0.717, 1.165) is 5.56 Å². The molecule has 0 bridgehead atoms. The van der Waals surface area contributed by atoms with Crippen LogP contribution in [0, 0.1) is 0 Å². The molecule has 0 saturated heterocycles. The molecule has 3 aromatic rings. The predicted molar refractivity (Wildman–Crippen MR) is 130 cm³/mol. The van der Waals surface area contributed by atoms with Gasteiger partial charge in [-0.3, -0.25) is 4.79 Å². The zero-order valence-corrected chi connectivity index (χ0v) is 19.5. The number of nitrogens with zero attached hydrogens (tertiary/aromatic N) is 1. The maximum absolute atomic E-state index is 12.1. The third-order valence-electron chi connectivity index (χ3n) is 4.27. The van der Waals surface area contributed by atoms with Crippen molar-refractivity contribution in [3.8, 4) is 11.5 Å². The summed E-state index contributed by atoms with van der Waals surface area (Å²) in [6.07, 6.45) is 2.23. The fourth-order valence-corrected chi connectivity index (χ4v) is 3.20. The molecule has 170 valence electrons. The molecule has 1 amide bonds. The lowest BCUT2D eigenvalue weighted by Gasteiger charge is -2.07. The lowest BCUT2D eigenvalue weighted by molar-refractivity contribution is -0.121. The van der Waals surface area contributed by atoms with Gasteiger partial charge in [-0.05, 0) is 78.7 Å². The van der Waals surface area contributed by atoms with Gasteiger partial charge in [0.25, 0.3) is 0 Å². The summed E-state index contributed by atoms with van der Waals surface area (Å²) in [5, 5.41) is 5.41. The minimum absolute atomic E-state index is 0.238. The fourth-order valence-electron chi connectivity index (χ4n) is 2.62. The van der Waals surface area contributed by atoms with Crippen LogP contribution in [-0.2, 0) is 4.79 Å². The number of ether oxygens (including phenoxy) is 2. The number of rotatable bonds is 9. The summed E-state index contributed by atoms with van der Waals surface area (Å²) >= 11 is 17.7. The summed E-state index contributed by atoms with van der Waals surface area (Å²) in [4.78, 5) is 24.0. The molecule has 0 unspecified atom stereocenters. The molecule has 33 heavy (non-hydrogen) atoms. The monoisotopic (exact) mass is 504 g/mol. The van der Waals surface area contributed by atoms with Gasteiger partial charge in [0, 0.05) is 16.5 Å². The van der Waals surface area contributed by atoms with Crippen molar-refractivity contribution in [2.75, 3.05) is 6.61 Å². The molecule has 0 heterocycles. The number of carbonyl (C=O) groups is 2. The number of halogens is 3. The molecule has 3 aromatic carbocycles. The first-order chi connectivity index (χ1) is 15.9. The van der Waals surface area contributed by atoms with Crippen molar-refractivity contribution >= 4 is 52.9 Å². The van der Waals surface area contributed by atoms with Gasteiger partial charge in [-0.2, -0.15) is 5.10 Å². The van der Waals surface area contributed by atoms with Crippen LogP contribution in [0.2, 0.25) is 15.1 Å². The second-order valence-corrected chi connectivity index (χ2v) is 8.07. The Balaban J connectivity index is 1.38. The molecule has 6 nitrogen and oxygen atoms in total. The van der Waals surface area contributed by atoms with Crippen molar-refractivity contribution < 1.29 is 19.1 Å². The molecule has 0 saturated carbocycles. The Hall–Kier alpha value is -3.06. The highest BCUT2D eigenvalue weighted by Gasteiger charge is 2.08. The average Bonchev–Trinajstić information content (AvgIpc) is 2.79. The highest BCUT2D eigenvalue weighted by atomic mass is 35.5. The number of amides is 1. The lowest BCUT2D eigenvalue weighted by Crippen LogP contribution is -2.18. The van der Waals surface area contributed by atoms with Crippen LogP contribution in [0.5, 0.6) is 11.5 Å². The summed E-state index contributed by atoms with van der Waals surface area (Å²) in [5.41, 5.74) is 3.58. The van der Waals surface area contributed by atoms with Crippen LogP contribution in [0.25, 0.3) is 0 Å². The van der Waals surface area contributed by atoms with Gasteiger partial charge in [0.05, 0.1) is 23.4 Å². The van der Waals surface area contributed by atoms with Crippen molar-refractivity contribution in [3.63, 3.8) is 0 Å². The second-order valence-electron chi connectivity index (χ2n) is 6.79. The Morgan fingerprint density at radius 3 is 2.30 bits per heavy atom. The van der Waals surface area contributed by atoms with Crippen molar-refractivity contribution in [1.82, 2.24) is 5.43 Å². The molecule has 0 aliphatic heterocycles. The molecule has 1 N–H and O–H groups in total. The number of hydrogen-bond acceptors (Lipinski definition) is 5. The summed E-state index contributed by atoms with van der Waals surface area (Å²) in [6, 6.07) is 18.1. The largest absolute Gasteiger partial charge is 0.492 e. The van der Waals surface area contributed by atoms with Gasteiger partial charge in [0.1, 0.15) is 11.5 Å². The third kappa shape index (κ3) is 8.09. The number of benzene rings is 3. The molecule has 0 atom stereocenters. The molecule has 9 heteroatoms. The van der Waals surface area contributed by atoms with Gasteiger partial charge < -0.3 is 9.47 Å². The highest BCUT2D eigenvalue weighted by Crippen LogP contribution is 2.27. The van der Waals surface area contributed by atoms with E-state index in [2.05, 4.69) is 10.5 Å². The third-order valence-corrected chi connectivity index (χ3v) is 5.06. The Morgan fingerprint density at radius 2 is 1.61 bits per heavy atom. The molecule has 0 aliphatic carbocycles. The van der Waals surface area contributed by atoms with E-state index in [9.17, 15) is 9.59 Å². The van der Waals surface area contributed by atoms with Crippen LogP contribution in [0.4, 0.5) is 0 Å². The number of hydrazone groups is 1. The molecule has 0 spiro atoms. The van der Waals surface area contributed by atoms with Crippen molar-refractivity contribution in [1.29, 1.82) is 0 Å². The van der Waals surface area contributed by atoms with Crippen LogP contribution >= 0.6 is 34.8 Å². The first-order valence-corrected chi connectivity index (χ1v) is 11.0. The highest BCUT2D eigenvalue weighted by molar-refractivity contribution is 6.35. The van der Waals surface area contributed by atoms with Gasteiger partial charge in [-0.25, -0.2) is 10.2 Å². The van der Waals surface area contributed by atoms with Crippen molar-refractivity contribution in [3.05, 3.63) is 92.9 Å². The summed E-state index contributed by atoms with van der Waals surface area (Å²) in [5.74, 6) is 0.173. The normalized spacial score (nSPS) is 10.8. The van der Waals surface area contributed by atoms with E-state index in [1.807, 2.05) is 0 Å². The van der Waals surface area contributed by atoms with E-state index in [1.165, 1.54) is 6.21 Å². The Morgan fingerprint density at radius 1 is 0.909 bits per heavy atom. The van der Waals surface area contributed by atoms with E-state index >= 15 is 0 Å². The smallest absolute Gasteiger partial charge is 0.343 e. The van der Waals surface area contributed by atoms with Crippen LogP contribution in [0.15, 0.2) is 71.8 Å². The number of carbonyl (C=O) groups excluding carboxylic acids is 2. The first-order valence-electron chi connectivity index (χ1n) is 9.88. The lowest BCUT2D eigenvalue weighted by atomic mass is 10.2. The summed E-state index contributed by atoms with van der Waals surface area (Å²) in [6.45, 7) is 0.328. The van der Waals surface area contributed by atoms with Crippen LogP contribution in [-0.4, -0.2) is 24.7 Å². The number of hydrogen-bond donors (Lipinski definition) is 1. The van der Waals surface area contributed by atoms with E-state index < -0.39 is 5.97 Å². The molecule has 0 radical (unpaired) electrons. The van der Waals surface area contributed by atoms with Crippen LogP contribution in [0.1, 0.15) is 28.8 Å². The molecular formula is C24H19Cl3N2O4. The van der Waals surface area contributed by atoms with Gasteiger partial charge >= 0.3 is 5.97 Å². The SMILES string of the molecule is O=C(CCCOc1ccc(Cl)cc1Cl)NN=Cc1ccc(OC(=O)c2ccc(Cl)cc2)cc1. The minimum Gasteiger partial charge on any atom is -0.492 e. The van der Waals surface area contributed by atoms with Gasteiger partial charge in [-0.1, -0.05) is 34.8 Å². The maximum Gasteiger partial charge on any atom is 0.343 e. The zero-order chi connectivity index (χ0) is 23.6. The first kappa shape index (κ1) is 24.6. The van der Waals surface area contributed by atoms with E-state index in [1.54, 1.807) is 66.7 Å². The van der Waals surface area contributed by atoms with Crippen LogP contribution < -0.4 is 14.9 Å². The Kier molecular flexibility index (Phi) is 9.13. The number of esters is 1. The van der Waals surface area contributed by atoms with Gasteiger partial charge in [-0.15, -0.1) is 0 Å².